The van der Waals surface area contributed by atoms with Gasteiger partial charge in [-0.3, -0.25) is 4.79 Å². The Morgan fingerprint density at radius 1 is 1.28 bits per heavy atom. The molecule has 0 bridgehead atoms. The Labute approximate surface area is 104 Å². The topological polar surface area (TPSA) is 102 Å². The highest BCUT2D eigenvalue weighted by atomic mass is 32.2. The molecule has 0 atom stereocenters. The van der Waals surface area contributed by atoms with Gasteiger partial charge < -0.3 is 14.6 Å². The first-order valence-electron chi connectivity index (χ1n) is 4.85. The molecule has 0 aliphatic heterocycles. The van der Waals surface area contributed by atoms with Gasteiger partial charge in [0.25, 0.3) is 0 Å². The normalized spacial score (nSPS) is 11.0. The van der Waals surface area contributed by atoms with Crippen molar-refractivity contribution in [2.75, 3.05) is 20.8 Å². The number of nitrogens with one attached hydrogen (secondary N) is 1. The van der Waals surface area contributed by atoms with Crippen LogP contribution in [0.2, 0.25) is 0 Å². The second-order valence-corrected chi connectivity index (χ2v) is 4.91. The van der Waals surface area contributed by atoms with Crippen LogP contribution in [0.15, 0.2) is 23.1 Å². The van der Waals surface area contributed by atoms with Crippen LogP contribution in [0.3, 0.4) is 0 Å². The molecule has 8 heteroatoms. The lowest BCUT2D eigenvalue weighted by atomic mass is 10.3. The molecular formula is C10H13NO6S. The van der Waals surface area contributed by atoms with Crippen LogP contribution in [-0.2, 0) is 14.8 Å². The zero-order chi connectivity index (χ0) is 13.8. The van der Waals surface area contributed by atoms with E-state index in [1.807, 2.05) is 4.72 Å². The summed E-state index contributed by atoms with van der Waals surface area (Å²) in [5.41, 5.74) is 0. The van der Waals surface area contributed by atoms with Gasteiger partial charge in [-0.05, 0) is 12.1 Å². The maximum absolute atomic E-state index is 12.0. The van der Waals surface area contributed by atoms with Gasteiger partial charge in [0.15, 0.2) is 4.90 Å². The Balaban J connectivity index is 3.25. The summed E-state index contributed by atoms with van der Waals surface area (Å²) >= 11 is 0. The van der Waals surface area contributed by atoms with Gasteiger partial charge >= 0.3 is 5.97 Å². The highest BCUT2D eigenvalue weighted by Crippen LogP contribution is 2.32. The van der Waals surface area contributed by atoms with E-state index in [1.54, 1.807) is 6.07 Å². The van der Waals surface area contributed by atoms with Gasteiger partial charge in [0.05, 0.1) is 14.2 Å². The van der Waals surface area contributed by atoms with Crippen LogP contribution < -0.4 is 14.2 Å². The molecule has 0 spiro atoms. The zero-order valence-electron chi connectivity index (χ0n) is 9.84. The summed E-state index contributed by atoms with van der Waals surface area (Å²) < 4.78 is 35.7. The Morgan fingerprint density at radius 3 is 2.17 bits per heavy atom. The predicted molar refractivity (Wildman–Crippen MR) is 62.4 cm³/mol. The minimum Gasteiger partial charge on any atom is -0.495 e. The molecule has 2 N–H and O–H groups in total. The van der Waals surface area contributed by atoms with Gasteiger partial charge in [0.1, 0.15) is 18.0 Å². The number of carboxylic acids is 1. The van der Waals surface area contributed by atoms with Gasteiger partial charge in [0.2, 0.25) is 10.0 Å². The third-order valence-electron chi connectivity index (χ3n) is 2.06. The van der Waals surface area contributed by atoms with Crippen molar-refractivity contribution < 1.29 is 27.8 Å². The van der Waals surface area contributed by atoms with Crippen LogP contribution in [-0.4, -0.2) is 40.3 Å². The number of ether oxygens (including phenoxy) is 2. The van der Waals surface area contributed by atoms with Crippen LogP contribution >= 0.6 is 0 Å². The van der Waals surface area contributed by atoms with Crippen molar-refractivity contribution in [2.45, 2.75) is 4.90 Å². The molecule has 0 amide bonds. The van der Waals surface area contributed by atoms with Crippen molar-refractivity contribution in [2.24, 2.45) is 0 Å². The number of sulfonamides is 1. The third kappa shape index (κ3) is 3.11. The van der Waals surface area contributed by atoms with E-state index in [9.17, 15) is 13.2 Å². The molecule has 0 aromatic heterocycles. The van der Waals surface area contributed by atoms with E-state index in [4.69, 9.17) is 14.6 Å². The molecule has 0 unspecified atom stereocenters. The zero-order valence-corrected chi connectivity index (χ0v) is 10.7. The van der Waals surface area contributed by atoms with Crippen molar-refractivity contribution >= 4 is 16.0 Å². The lowest BCUT2D eigenvalue weighted by Crippen LogP contribution is -2.30. The molecule has 1 aromatic carbocycles. The van der Waals surface area contributed by atoms with Gasteiger partial charge in [-0.1, -0.05) is 6.07 Å². The Kier molecular flexibility index (Phi) is 4.51. The van der Waals surface area contributed by atoms with Crippen molar-refractivity contribution in [3.05, 3.63) is 18.2 Å². The number of methoxy groups -OCH3 is 2. The lowest BCUT2D eigenvalue weighted by molar-refractivity contribution is -0.135. The Morgan fingerprint density at radius 2 is 1.78 bits per heavy atom. The molecule has 1 rings (SSSR count). The Hall–Kier alpha value is -1.80. The summed E-state index contributed by atoms with van der Waals surface area (Å²) in [6.07, 6.45) is 0. The third-order valence-corrected chi connectivity index (χ3v) is 3.53. The monoisotopic (exact) mass is 275 g/mol. The fourth-order valence-electron chi connectivity index (χ4n) is 1.31. The highest BCUT2D eigenvalue weighted by molar-refractivity contribution is 7.89. The van der Waals surface area contributed by atoms with E-state index >= 15 is 0 Å². The molecule has 0 radical (unpaired) electrons. The molecule has 7 nitrogen and oxygen atoms in total. The fourth-order valence-corrected chi connectivity index (χ4v) is 2.60. The number of rotatable bonds is 6. The number of aliphatic carboxylic acids is 1. The largest absolute Gasteiger partial charge is 0.495 e. The minimum atomic E-state index is -4.02. The summed E-state index contributed by atoms with van der Waals surface area (Å²) in [6, 6.07) is 4.45. The molecular weight excluding hydrogens is 262 g/mol. The number of carbonyl (C=O) groups is 1. The van der Waals surface area contributed by atoms with Crippen LogP contribution in [0.4, 0.5) is 0 Å². The van der Waals surface area contributed by atoms with Crippen LogP contribution in [0.5, 0.6) is 11.5 Å². The molecule has 0 saturated carbocycles. The summed E-state index contributed by atoms with van der Waals surface area (Å²) in [5.74, 6) is -1.13. The molecule has 0 fully saturated rings. The maximum atomic E-state index is 12.0. The molecule has 0 heterocycles. The quantitative estimate of drug-likeness (QED) is 0.761. The smallest absolute Gasteiger partial charge is 0.318 e. The summed E-state index contributed by atoms with van der Waals surface area (Å²) in [5, 5.41) is 8.49. The molecule has 0 aliphatic rings. The molecule has 100 valence electrons. The predicted octanol–water partition coefficient (Wildman–Crippen LogP) is 0.0667. The number of hydrogen-bond acceptors (Lipinski definition) is 5. The van der Waals surface area contributed by atoms with E-state index < -0.39 is 22.5 Å². The van der Waals surface area contributed by atoms with E-state index in [0.29, 0.717) is 0 Å². The van der Waals surface area contributed by atoms with Crippen molar-refractivity contribution in [1.82, 2.24) is 4.72 Å². The number of carboxylic acid groups (broad SMARTS) is 1. The first-order chi connectivity index (χ1) is 8.42. The SMILES string of the molecule is COc1cccc(OC)c1S(=O)(=O)NCC(=O)O. The molecule has 1 aromatic rings. The first kappa shape index (κ1) is 14.3. The maximum Gasteiger partial charge on any atom is 0.318 e. The number of hydrogen-bond donors (Lipinski definition) is 2. The van der Waals surface area contributed by atoms with E-state index in [0.717, 1.165) is 0 Å². The summed E-state index contributed by atoms with van der Waals surface area (Å²) in [4.78, 5) is 10.2. The second-order valence-electron chi connectivity index (χ2n) is 3.21. The van der Waals surface area contributed by atoms with Crippen molar-refractivity contribution in [1.29, 1.82) is 0 Å². The van der Waals surface area contributed by atoms with Gasteiger partial charge in [-0.25, -0.2) is 8.42 Å². The van der Waals surface area contributed by atoms with Gasteiger partial charge in [-0.2, -0.15) is 4.72 Å². The fraction of sp³-hybridized carbons (Fsp3) is 0.300. The lowest BCUT2D eigenvalue weighted by Gasteiger charge is -2.13. The van der Waals surface area contributed by atoms with Gasteiger partial charge in [-0.15, -0.1) is 0 Å². The van der Waals surface area contributed by atoms with Crippen LogP contribution in [0, 0.1) is 0 Å². The molecule has 0 aliphatic carbocycles. The summed E-state index contributed by atoms with van der Waals surface area (Å²) in [6.45, 7) is -0.719. The average molecular weight is 275 g/mol. The average Bonchev–Trinajstić information content (AvgIpc) is 2.35. The van der Waals surface area contributed by atoms with Crippen molar-refractivity contribution in [3.8, 4) is 11.5 Å². The van der Waals surface area contributed by atoms with E-state index in [-0.39, 0.29) is 16.4 Å². The Bertz CT molecular complexity index is 517. The molecule has 18 heavy (non-hydrogen) atoms. The summed E-state index contributed by atoms with van der Waals surface area (Å²) in [7, 11) is -1.40. The van der Waals surface area contributed by atoms with E-state index in [1.165, 1.54) is 26.4 Å². The van der Waals surface area contributed by atoms with Gasteiger partial charge in [0, 0.05) is 0 Å². The van der Waals surface area contributed by atoms with Crippen LogP contribution in [0.1, 0.15) is 0 Å². The highest BCUT2D eigenvalue weighted by Gasteiger charge is 2.24. The second kappa shape index (κ2) is 5.69. The standard InChI is InChI=1S/C10H13NO6S/c1-16-7-4-3-5-8(17-2)10(7)18(14,15)11-6-9(12)13/h3-5,11H,6H2,1-2H3,(H,12,13). The van der Waals surface area contributed by atoms with Crippen molar-refractivity contribution in [3.63, 3.8) is 0 Å². The van der Waals surface area contributed by atoms with Crippen LogP contribution in [0.25, 0.3) is 0 Å². The molecule has 0 saturated heterocycles. The first-order valence-corrected chi connectivity index (χ1v) is 6.33. The van der Waals surface area contributed by atoms with E-state index in [2.05, 4.69) is 0 Å². The number of benzene rings is 1. The minimum absolute atomic E-state index is 0.0761.